The molecule has 2 N–H and O–H groups in total. The van der Waals surface area contributed by atoms with Crippen molar-refractivity contribution in [1.29, 1.82) is 0 Å². The summed E-state index contributed by atoms with van der Waals surface area (Å²) >= 11 is 3.53. The minimum atomic E-state index is 0. The molecule has 1 saturated heterocycles. The normalized spacial score (nSPS) is 18.6. The Hall–Kier alpha value is -0.620. The van der Waals surface area contributed by atoms with Gasteiger partial charge >= 0.3 is 0 Å². The van der Waals surface area contributed by atoms with E-state index in [-0.39, 0.29) is 18.3 Å². The van der Waals surface area contributed by atoms with Crippen molar-refractivity contribution in [3.63, 3.8) is 0 Å². The average molecular weight is 391 g/mol. The number of likely N-dealkylation sites (N-methyl/N-ethyl adjacent to an activating group) is 1. The van der Waals surface area contributed by atoms with Crippen LogP contribution in [0.2, 0.25) is 0 Å². The van der Waals surface area contributed by atoms with E-state index >= 15 is 0 Å². The maximum absolute atomic E-state index is 12.4. The maximum atomic E-state index is 12.4. The second-order valence-electron chi connectivity index (χ2n) is 5.82. The molecule has 0 aromatic heterocycles. The summed E-state index contributed by atoms with van der Waals surface area (Å²) in [5.74, 6) is 0.712. The molecule has 2 rings (SSSR count). The van der Waals surface area contributed by atoms with E-state index < -0.39 is 0 Å². The lowest BCUT2D eigenvalue weighted by Gasteiger charge is -2.32. The van der Waals surface area contributed by atoms with Crippen molar-refractivity contribution in [2.24, 2.45) is 11.7 Å². The number of carbonyl (C=O) groups is 1. The zero-order valence-electron chi connectivity index (χ0n) is 13.0. The highest BCUT2D eigenvalue weighted by Gasteiger charge is 2.22. The van der Waals surface area contributed by atoms with Crippen molar-refractivity contribution in [2.45, 2.75) is 19.4 Å². The highest BCUT2D eigenvalue weighted by Crippen LogP contribution is 2.18. The molecule has 1 aliphatic heterocycles. The van der Waals surface area contributed by atoms with Gasteiger partial charge in [0.2, 0.25) is 5.91 Å². The van der Waals surface area contributed by atoms with E-state index in [1.165, 1.54) is 6.42 Å². The highest BCUT2D eigenvalue weighted by molar-refractivity contribution is 9.10. The number of benzene rings is 1. The van der Waals surface area contributed by atoms with Crippen molar-refractivity contribution in [1.82, 2.24) is 9.80 Å². The van der Waals surface area contributed by atoms with E-state index in [2.05, 4.69) is 20.8 Å². The Morgan fingerprint density at radius 2 is 2.18 bits per heavy atom. The molecule has 22 heavy (non-hydrogen) atoms. The van der Waals surface area contributed by atoms with Crippen LogP contribution in [-0.2, 0) is 11.3 Å². The molecule has 1 aliphatic rings. The summed E-state index contributed by atoms with van der Waals surface area (Å²) in [5.41, 5.74) is 6.88. The third-order valence-electron chi connectivity index (χ3n) is 4.09. The summed E-state index contributed by atoms with van der Waals surface area (Å²) in [6, 6.07) is 8.02. The lowest BCUT2D eigenvalue weighted by molar-refractivity contribution is -0.132. The Balaban J connectivity index is 0.00000242. The molecule has 0 spiro atoms. The van der Waals surface area contributed by atoms with Crippen LogP contribution in [0.3, 0.4) is 0 Å². The average Bonchev–Trinajstić information content (AvgIpc) is 2.49. The molecule has 4 nitrogen and oxygen atoms in total. The third-order valence-corrected chi connectivity index (χ3v) is 4.86. The predicted octanol–water partition coefficient (Wildman–Crippen LogP) is 2.50. The molecule has 1 fully saturated rings. The molecule has 124 valence electrons. The molecule has 1 amide bonds. The lowest BCUT2D eigenvalue weighted by Crippen LogP contribution is -2.44. The summed E-state index contributed by atoms with van der Waals surface area (Å²) < 4.78 is 1.05. The van der Waals surface area contributed by atoms with E-state index in [0.29, 0.717) is 19.0 Å². The van der Waals surface area contributed by atoms with Gasteiger partial charge < -0.3 is 10.6 Å². The fraction of sp³-hybridized carbons (Fsp3) is 0.562. The van der Waals surface area contributed by atoms with Gasteiger partial charge in [0.25, 0.3) is 0 Å². The van der Waals surface area contributed by atoms with Crippen molar-refractivity contribution < 1.29 is 4.79 Å². The Morgan fingerprint density at radius 3 is 2.86 bits per heavy atom. The number of hydrogen-bond acceptors (Lipinski definition) is 3. The molecule has 1 aromatic rings. The van der Waals surface area contributed by atoms with E-state index in [9.17, 15) is 4.79 Å². The Labute approximate surface area is 147 Å². The summed E-state index contributed by atoms with van der Waals surface area (Å²) in [6.07, 6.45) is 2.33. The van der Waals surface area contributed by atoms with Crippen molar-refractivity contribution in [3.05, 3.63) is 34.3 Å². The fourth-order valence-electron chi connectivity index (χ4n) is 2.77. The second-order valence-corrected chi connectivity index (χ2v) is 6.67. The van der Waals surface area contributed by atoms with Gasteiger partial charge in [-0.3, -0.25) is 9.69 Å². The number of hydrogen-bond donors (Lipinski definition) is 1. The van der Waals surface area contributed by atoms with E-state index in [4.69, 9.17) is 5.73 Å². The molecule has 0 aliphatic carbocycles. The van der Waals surface area contributed by atoms with Crippen LogP contribution in [-0.4, -0.2) is 48.9 Å². The van der Waals surface area contributed by atoms with E-state index in [0.717, 1.165) is 36.1 Å². The van der Waals surface area contributed by atoms with Crippen molar-refractivity contribution in [3.8, 4) is 0 Å². The number of rotatable bonds is 5. The molecular formula is C16H25BrClN3O. The van der Waals surface area contributed by atoms with Crippen molar-refractivity contribution >= 4 is 34.2 Å². The first-order chi connectivity index (χ1) is 10.1. The lowest BCUT2D eigenvalue weighted by atomic mass is 9.98. The zero-order chi connectivity index (χ0) is 15.2. The zero-order valence-corrected chi connectivity index (χ0v) is 15.4. The van der Waals surface area contributed by atoms with Crippen LogP contribution in [0, 0.1) is 5.92 Å². The predicted molar refractivity (Wildman–Crippen MR) is 96.1 cm³/mol. The fourth-order valence-corrected chi connectivity index (χ4v) is 3.18. The minimum Gasteiger partial charge on any atom is -0.340 e. The largest absolute Gasteiger partial charge is 0.340 e. The molecule has 1 aromatic carbocycles. The number of halogens is 2. The maximum Gasteiger partial charge on any atom is 0.236 e. The van der Waals surface area contributed by atoms with Gasteiger partial charge in [-0.1, -0.05) is 34.1 Å². The van der Waals surface area contributed by atoms with Crippen LogP contribution in [0.4, 0.5) is 0 Å². The van der Waals surface area contributed by atoms with Gasteiger partial charge in [0, 0.05) is 24.6 Å². The van der Waals surface area contributed by atoms with Crippen LogP contribution in [0.25, 0.3) is 0 Å². The number of nitrogens with zero attached hydrogens (tertiary/aromatic N) is 2. The van der Waals surface area contributed by atoms with Crippen molar-refractivity contribution in [2.75, 3.05) is 33.2 Å². The Kier molecular flexibility index (Phi) is 8.39. The number of piperidine rings is 1. The summed E-state index contributed by atoms with van der Waals surface area (Å²) in [7, 11) is 1.87. The Bertz CT molecular complexity index is 486. The Morgan fingerprint density at radius 1 is 1.45 bits per heavy atom. The van der Waals surface area contributed by atoms with Crippen LogP contribution >= 0.6 is 28.3 Å². The molecule has 0 saturated carbocycles. The van der Waals surface area contributed by atoms with Gasteiger partial charge in [0.1, 0.15) is 0 Å². The number of nitrogens with two attached hydrogens (primary N) is 1. The van der Waals surface area contributed by atoms with Gasteiger partial charge in [0.15, 0.2) is 0 Å². The van der Waals surface area contributed by atoms with Gasteiger partial charge in [-0.15, -0.1) is 12.4 Å². The summed E-state index contributed by atoms with van der Waals surface area (Å²) in [6.45, 7) is 3.81. The van der Waals surface area contributed by atoms with Gasteiger partial charge in [-0.25, -0.2) is 0 Å². The molecule has 1 heterocycles. The van der Waals surface area contributed by atoms with Crippen LogP contribution < -0.4 is 5.73 Å². The standard InChI is InChI=1S/C16H24BrN3O.ClH/c1-19(11-14-6-2-3-7-15(14)17)16(21)12-20-8-4-5-13(9-18)10-20;/h2-3,6-7,13H,4-5,8-12,18H2,1H3;1H. The highest BCUT2D eigenvalue weighted by atomic mass is 79.9. The smallest absolute Gasteiger partial charge is 0.236 e. The number of likely N-dealkylation sites (tertiary alicyclic amines) is 1. The molecule has 0 radical (unpaired) electrons. The first-order valence-corrected chi connectivity index (χ1v) is 8.29. The second kappa shape index (κ2) is 9.50. The van der Waals surface area contributed by atoms with Crippen LogP contribution in [0.5, 0.6) is 0 Å². The first-order valence-electron chi connectivity index (χ1n) is 7.50. The summed E-state index contributed by atoms with van der Waals surface area (Å²) in [5, 5.41) is 0. The monoisotopic (exact) mass is 389 g/mol. The van der Waals surface area contributed by atoms with Gasteiger partial charge in [-0.05, 0) is 43.5 Å². The number of carbonyl (C=O) groups excluding carboxylic acids is 1. The van der Waals surface area contributed by atoms with E-state index in [1.807, 2.05) is 31.3 Å². The topological polar surface area (TPSA) is 49.6 Å². The SMILES string of the molecule is CN(Cc1ccccc1Br)C(=O)CN1CCCC(CN)C1.Cl. The molecule has 1 unspecified atom stereocenters. The molecule has 0 bridgehead atoms. The summed E-state index contributed by atoms with van der Waals surface area (Å²) in [4.78, 5) is 16.4. The minimum absolute atomic E-state index is 0. The van der Waals surface area contributed by atoms with E-state index in [1.54, 1.807) is 4.90 Å². The molecule has 6 heteroatoms. The quantitative estimate of drug-likeness (QED) is 0.840. The van der Waals surface area contributed by atoms with Gasteiger partial charge in [-0.2, -0.15) is 0 Å². The van der Waals surface area contributed by atoms with Crippen LogP contribution in [0.1, 0.15) is 18.4 Å². The third kappa shape index (κ3) is 5.54. The van der Waals surface area contributed by atoms with Crippen LogP contribution in [0.15, 0.2) is 28.7 Å². The number of amides is 1. The molecule has 1 atom stereocenters. The van der Waals surface area contributed by atoms with Gasteiger partial charge in [0.05, 0.1) is 6.54 Å². The first kappa shape index (κ1) is 19.4. The molecular weight excluding hydrogens is 366 g/mol.